The van der Waals surface area contributed by atoms with Crippen LogP contribution in [0.5, 0.6) is 0 Å². The third-order valence-electron chi connectivity index (χ3n) is 6.52. The van der Waals surface area contributed by atoms with Gasteiger partial charge in [-0.15, -0.1) is 0 Å². The molecular formula is C25H27N5OS. The first-order chi connectivity index (χ1) is 15.5. The maximum absolute atomic E-state index is 12.8. The molecule has 32 heavy (non-hydrogen) atoms. The van der Waals surface area contributed by atoms with Gasteiger partial charge in [0.1, 0.15) is 5.04 Å². The Morgan fingerprint density at radius 3 is 2.66 bits per heavy atom. The Labute approximate surface area is 192 Å². The predicted molar refractivity (Wildman–Crippen MR) is 131 cm³/mol. The van der Waals surface area contributed by atoms with Crippen LogP contribution in [0.1, 0.15) is 54.6 Å². The number of aromatic nitrogens is 1. The number of hydrogen-bond acceptors (Lipinski definition) is 4. The zero-order valence-corrected chi connectivity index (χ0v) is 19.3. The van der Waals surface area contributed by atoms with Crippen LogP contribution < -0.4 is 0 Å². The number of amidine groups is 2. The molecule has 0 atom stereocenters. The molecule has 2 aliphatic heterocycles. The van der Waals surface area contributed by atoms with E-state index < -0.39 is 0 Å². The molecule has 0 unspecified atom stereocenters. The Kier molecular flexibility index (Phi) is 5.59. The number of nitrogens with zero attached hydrogens (tertiary/aromatic N) is 4. The normalized spacial score (nSPS) is 20.6. The van der Waals surface area contributed by atoms with Crippen LogP contribution in [0.15, 0.2) is 52.1 Å². The number of carbonyl (C=O) groups excluding carboxylic acids is 1. The van der Waals surface area contributed by atoms with Crippen LogP contribution in [0.4, 0.5) is 0 Å². The fraction of sp³-hybridized carbons (Fsp3) is 0.360. The SMILES string of the molecule is Cc1cc(C=C2C(=N)N3N=C(C4CCCCC4)SC3=NC2=O)c(C)n1Cc1ccccc1. The summed E-state index contributed by atoms with van der Waals surface area (Å²) in [4.78, 5) is 17.1. The summed E-state index contributed by atoms with van der Waals surface area (Å²) in [5, 5.41) is 16.5. The van der Waals surface area contributed by atoms with Crippen molar-refractivity contribution in [2.45, 2.75) is 52.5 Å². The molecule has 7 heteroatoms. The molecule has 1 aliphatic carbocycles. The maximum atomic E-state index is 12.8. The molecule has 1 aromatic heterocycles. The van der Waals surface area contributed by atoms with Crippen molar-refractivity contribution in [2.75, 3.05) is 0 Å². The molecule has 0 bridgehead atoms. The highest BCUT2D eigenvalue weighted by atomic mass is 32.2. The molecule has 5 rings (SSSR count). The minimum Gasteiger partial charge on any atom is -0.344 e. The molecule has 6 nitrogen and oxygen atoms in total. The zero-order valence-electron chi connectivity index (χ0n) is 18.5. The van der Waals surface area contributed by atoms with Gasteiger partial charge in [-0.25, -0.2) is 0 Å². The van der Waals surface area contributed by atoms with E-state index in [-0.39, 0.29) is 11.7 Å². The summed E-state index contributed by atoms with van der Waals surface area (Å²) in [5.74, 6) is 0.183. The monoisotopic (exact) mass is 445 g/mol. The molecule has 0 spiro atoms. The molecule has 3 aliphatic rings. The van der Waals surface area contributed by atoms with Gasteiger partial charge in [0.15, 0.2) is 5.84 Å². The van der Waals surface area contributed by atoms with Crippen LogP contribution in [-0.4, -0.2) is 31.5 Å². The smallest absolute Gasteiger partial charge is 0.283 e. The van der Waals surface area contributed by atoms with Crippen LogP contribution in [0.2, 0.25) is 0 Å². The molecule has 1 saturated carbocycles. The van der Waals surface area contributed by atoms with Crippen molar-refractivity contribution in [1.29, 1.82) is 5.41 Å². The number of hydrogen-bond donors (Lipinski definition) is 1. The van der Waals surface area contributed by atoms with E-state index in [2.05, 4.69) is 41.6 Å². The average Bonchev–Trinajstić information content (AvgIpc) is 3.34. The Morgan fingerprint density at radius 2 is 1.91 bits per heavy atom. The van der Waals surface area contributed by atoms with E-state index in [1.165, 1.54) is 36.6 Å². The fourth-order valence-electron chi connectivity index (χ4n) is 4.66. The third-order valence-corrected chi connectivity index (χ3v) is 7.59. The zero-order chi connectivity index (χ0) is 22.2. The molecule has 1 aromatic carbocycles. The van der Waals surface area contributed by atoms with Gasteiger partial charge in [0.05, 0.1) is 5.57 Å². The van der Waals surface area contributed by atoms with Gasteiger partial charge in [0.2, 0.25) is 5.17 Å². The second kappa shape index (κ2) is 8.54. The quantitative estimate of drug-likeness (QED) is 0.645. The van der Waals surface area contributed by atoms with Gasteiger partial charge < -0.3 is 4.57 Å². The van der Waals surface area contributed by atoms with Gasteiger partial charge in [-0.1, -0.05) is 49.6 Å². The number of thioether (sulfide) groups is 1. The summed E-state index contributed by atoms with van der Waals surface area (Å²) in [7, 11) is 0. The molecule has 1 amide bonds. The standard InChI is InChI=1S/C25H27N5OS/c1-16-13-20(17(2)29(16)15-18-9-5-3-6-10-18)14-21-22(26)30-25(27-23(21)31)32-24(28-30)19-11-7-4-8-12-19/h3,5-6,9-10,13-14,19,26H,4,7-8,11-12,15H2,1-2H3. The average molecular weight is 446 g/mol. The van der Waals surface area contributed by atoms with Crippen LogP contribution in [-0.2, 0) is 11.3 Å². The van der Waals surface area contributed by atoms with Gasteiger partial charge in [0.25, 0.3) is 5.91 Å². The van der Waals surface area contributed by atoms with E-state index in [0.29, 0.717) is 16.7 Å². The first kappa shape index (κ1) is 20.9. The summed E-state index contributed by atoms with van der Waals surface area (Å²) in [6.07, 6.45) is 7.78. The summed E-state index contributed by atoms with van der Waals surface area (Å²) in [6, 6.07) is 12.4. The molecule has 2 aromatic rings. The van der Waals surface area contributed by atoms with Crippen molar-refractivity contribution in [3.63, 3.8) is 0 Å². The van der Waals surface area contributed by atoms with Gasteiger partial charge in [-0.2, -0.15) is 15.1 Å². The van der Waals surface area contributed by atoms with E-state index >= 15 is 0 Å². The summed E-state index contributed by atoms with van der Waals surface area (Å²) >= 11 is 1.46. The van der Waals surface area contributed by atoms with E-state index in [9.17, 15) is 4.79 Å². The first-order valence-corrected chi connectivity index (χ1v) is 12.0. The number of aryl methyl sites for hydroxylation is 1. The highest BCUT2D eigenvalue weighted by Crippen LogP contribution is 2.36. The molecule has 3 heterocycles. The lowest BCUT2D eigenvalue weighted by molar-refractivity contribution is -0.114. The van der Waals surface area contributed by atoms with E-state index in [4.69, 9.17) is 10.5 Å². The topological polar surface area (TPSA) is 73.8 Å². The summed E-state index contributed by atoms with van der Waals surface area (Å²) in [6.45, 7) is 4.90. The van der Waals surface area contributed by atoms with E-state index in [0.717, 1.165) is 41.4 Å². The third kappa shape index (κ3) is 3.86. The Morgan fingerprint density at radius 1 is 1.16 bits per heavy atom. The summed E-state index contributed by atoms with van der Waals surface area (Å²) < 4.78 is 2.23. The van der Waals surface area contributed by atoms with Crippen molar-refractivity contribution >= 4 is 39.8 Å². The minimum atomic E-state index is -0.360. The lowest BCUT2D eigenvalue weighted by Crippen LogP contribution is -2.35. The Bertz CT molecular complexity index is 1170. The van der Waals surface area contributed by atoms with Crippen LogP contribution >= 0.6 is 11.8 Å². The number of aliphatic imine (C=N–C) groups is 1. The van der Waals surface area contributed by atoms with Crippen molar-refractivity contribution < 1.29 is 4.79 Å². The molecular weight excluding hydrogens is 418 g/mol. The second-order valence-electron chi connectivity index (χ2n) is 8.69. The predicted octanol–water partition coefficient (Wildman–Crippen LogP) is 5.35. The largest absolute Gasteiger partial charge is 0.344 e. The number of amides is 1. The van der Waals surface area contributed by atoms with Crippen molar-refractivity contribution in [3.8, 4) is 0 Å². The fourth-order valence-corrected chi connectivity index (χ4v) is 5.72. The van der Waals surface area contributed by atoms with Gasteiger partial charge in [-0.3, -0.25) is 10.2 Å². The molecule has 164 valence electrons. The number of rotatable bonds is 4. The Balaban J connectivity index is 1.43. The highest BCUT2D eigenvalue weighted by Gasteiger charge is 2.38. The number of hydrazone groups is 1. The molecule has 1 fully saturated rings. The van der Waals surface area contributed by atoms with Crippen LogP contribution in [0, 0.1) is 25.2 Å². The molecule has 1 N–H and O–H groups in total. The number of carbonyl (C=O) groups is 1. The summed E-state index contributed by atoms with van der Waals surface area (Å²) in [5.41, 5.74) is 4.64. The number of benzene rings is 1. The van der Waals surface area contributed by atoms with Crippen LogP contribution in [0.3, 0.4) is 0 Å². The van der Waals surface area contributed by atoms with Gasteiger partial charge in [-0.05, 0) is 61.7 Å². The van der Waals surface area contributed by atoms with Gasteiger partial charge >= 0.3 is 0 Å². The minimum absolute atomic E-state index is 0.117. The van der Waals surface area contributed by atoms with E-state index in [1.54, 1.807) is 11.1 Å². The van der Waals surface area contributed by atoms with Crippen LogP contribution in [0.25, 0.3) is 6.08 Å². The lowest BCUT2D eigenvalue weighted by Gasteiger charge is -2.20. The lowest BCUT2D eigenvalue weighted by atomic mass is 9.90. The number of nitrogens with one attached hydrogen (secondary N) is 1. The maximum Gasteiger partial charge on any atom is 0.283 e. The van der Waals surface area contributed by atoms with E-state index in [1.807, 2.05) is 18.2 Å². The molecule has 0 radical (unpaired) electrons. The van der Waals surface area contributed by atoms with Gasteiger partial charge in [0, 0.05) is 23.9 Å². The van der Waals surface area contributed by atoms with Crippen molar-refractivity contribution in [2.24, 2.45) is 16.0 Å². The number of fused-ring (bicyclic) bond motifs is 1. The van der Waals surface area contributed by atoms with Crippen molar-refractivity contribution in [1.82, 2.24) is 9.58 Å². The molecule has 0 saturated heterocycles. The first-order valence-electron chi connectivity index (χ1n) is 11.2. The van der Waals surface area contributed by atoms with Crippen molar-refractivity contribution in [3.05, 3.63) is 64.5 Å². The Hall–Kier alpha value is -2.93. The highest BCUT2D eigenvalue weighted by molar-refractivity contribution is 8.27. The second-order valence-corrected chi connectivity index (χ2v) is 9.68.